The molecule has 0 saturated heterocycles. The molecule has 0 bridgehead atoms. The summed E-state index contributed by atoms with van der Waals surface area (Å²) in [4.78, 5) is 22.0. The number of amides is 2. The summed E-state index contributed by atoms with van der Waals surface area (Å²) in [6.45, 7) is 1.95. The first-order valence-electron chi connectivity index (χ1n) is 4.80. The first-order valence-corrected chi connectivity index (χ1v) is 4.80. The summed E-state index contributed by atoms with van der Waals surface area (Å²) >= 11 is 0. The van der Waals surface area contributed by atoms with Crippen molar-refractivity contribution in [1.82, 2.24) is 10.9 Å². The van der Waals surface area contributed by atoms with Crippen molar-refractivity contribution in [2.75, 3.05) is 7.11 Å². The van der Waals surface area contributed by atoms with E-state index in [0.29, 0.717) is 0 Å². The molecule has 86 valence electrons. The Kier molecular flexibility index (Phi) is 4.32. The van der Waals surface area contributed by atoms with Gasteiger partial charge in [0.05, 0.1) is 13.5 Å². The second-order valence-electron chi connectivity index (χ2n) is 3.33. The molecule has 5 nitrogen and oxygen atoms in total. The van der Waals surface area contributed by atoms with E-state index in [0.717, 1.165) is 11.1 Å². The van der Waals surface area contributed by atoms with E-state index in [-0.39, 0.29) is 12.3 Å². The molecule has 0 aliphatic carbocycles. The van der Waals surface area contributed by atoms with Crippen LogP contribution in [0.2, 0.25) is 0 Å². The number of methoxy groups -OCH3 is 1. The fourth-order valence-electron chi connectivity index (χ4n) is 1.22. The maximum Gasteiger partial charge on any atom is 0.425 e. The monoisotopic (exact) mass is 222 g/mol. The molecular weight excluding hydrogens is 208 g/mol. The lowest BCUT2D eigenvalue weighted by Crippen LogP contribution is -2.42. The Labute approximate surface area is 93.8 Å². The molecular formula is C11H14N2O3. The topological polar surface area (TPSA) is 67.4 Å². The lowest BCUT2D eigenvalue weighted by atomic mass is 10.1. The van der Waals surface area contributed by atoms with Crippen LogP contribution in [0.4, 0.5) is 4.79 Å². The predicted molar refractivity (Wildman–Crippen MR) is 58.6 cm³/mol. The molecule has 16 heavy (non-hydrogen) atoms. The Morgan fingerprint density at radius 2 is 2.06 bits per heavy atom. The molecule has 0 heterocycles. The zero-order valence-corrected chi connectivity index (χ0v) is 9.24. The molecule has 5 heteroatoms. The Morgan fingerprint density at radius 3 is 2.69 bits per heavy atom. The summed E-state index contributed by atoms with van der Waals surface area (Å²) in [5, 5.41) is 0. The molecule has 0 atom stereocenters. The van der Waals surface area contributed by atoms with Crippen molar-refractivity contribution in [3.05, 3.63) is 35.4 Å². The van der Waals surface area contributed by atoms with Crippen molar-refractivity contribution in [2.45, 2.75) is 13.3 Å². The fourth-order valence-corrected chi connectivity index (χ4v) is 1.22. The average molecular weight is 222 g/mol. The highest BCUT2D eigenvalue weighted by Gasteiger charge is 2.04. The third kappa shape index (κ3) is 4.00. The van der Waals surface area contributed by atoms with Crippen LogP contribution in [-0.4, -0.2) is 19.1 Å². The lowest BCUT2D eigenvalue weighted by Gasteiger charge is -2.06. The normalized spacial score (nSPS) is 9.38. The van der Waals surface area contributed by atoms with Gasteiger partial charge >= 0.3 is 6.09 Å². The highest BCUT2D eigenvalue weighted by atomic mass is 16.5. The number of benzene rings is 1. The Balaban J connectivity index is 2.43. The summed E-state index contributed by atoms with van der Waals surface area (Å²) in [5.74, 6) is -0.295. The SMILES string of the molecule is COC(=O)NNC(=O)Cc1cccc(C)c1. The van der Waals surface area contributed by atoms with Crippen LogP contribution in [0.3, 0.4) is 0 Å². The Bertz CT molecular complexity index is 391. The molecule has 0 fully saturated rings. The number of nitrogens with one attached hydrogen (secondary N) is 2. The van der Waals surface area contributed by atoms with Crippen LogP contribution in [0.25, 0.3) is 0 Å². The van der Waals surface area contributed by atoms with Gasteiger partial charge in [-0.3, -0.25) is 10.2 Å². The highest BCUT2D eigenvalue weighted by molar-refractivity contribution is 5.80. The van der Waals surface area contributed by atoms with Crippen molar-refractivity contribution >= 4 is 12.0 Å². The molecule has 2 N–H and O–H groups in total. The van der Waals surface area contributed by atoms with Gasteiger partial charge < -0.3 is 4.74 Å². The molecule has 0 aromatic heterocycles. The van der Waals surface area contributed by atoms with Crippen molar-refractivity contribution < 1.29 is 14.3 Å². The summed E-state index contributed by atoms with van der Waals surface area (Å²) in [5.41, 5.74) is 6.33. The standard InChI is InChI=1S/C11H14N2O3/c1-8-4-3-5-9(6-8)7-10(14)12-13-11(15)16-2/h3-6H,7H2,1-2H3,(H,12,14)(H,13,15). The van der Waals surface area contributed by atoms with E-state index in [1.54, 1.807) is 0 Å². The van der Waals surface area contributed by atoms with Gasteiger partial charge in [-0.05, 0) is 12.5 Å². The van der Waals surface area contributed by atoms with E-state index in [1.807, 2.05) is 31.2 Å². The van der Waals surface area contributed by atoms with Crippen LogP contribution in [0, 0.1) is 6.92 Å². The van der Waals surface area contributed by atoms with Crippen molar-refractivity contribution in [2.24, 2.45) is 0 Å². The third-order valence-corrected chi connectivity index (χ3v) is 1.94. The number of hydrazine groups is 1. The van der Waals surface area contributed by atoms with E-state index < -0.39 is 6.09 Å². The molecule has 1 aromatic rings. The number of carbonyl (C=O) groups is 2. The number of aryl methyl sites for hydroxylation is 1. The van der Waals surface area contributed by atoms with Crippen LogP contribution in [0.5, 0.6) is 0 Å². The quantitative estimate of drug-likeness (QED) is 0.731. The van der Waals surface area contributed by atoms with E-state index >= 15 is 0 Å². The third-order valence-electron chi connectivity index (χ3n) is 1.94. The molecule has 2 amide bonds. The Morgan fingerprint density at radius 1 is 1.31 bits per heavy atom. The first kappa shape index (κ1) is 12.0. The van der Waals surface area contributed by atoms with Gasteiger partial charge in [0.1, 0.15) is 0 Å². The lowest BCUT2D eigenvalue weighted by molar-refractivity contribution is -0.121. The summed E-state index contributed by atoms with van der Waals surface area (Å²) in [6.07, 6.45) is -0.483. The largest absolute Gasteiger partial charge is 0.452 e. The fraction of sp³-hybridized carbons (Fsp3) is 0.273. The molecule has 0 aliphatic rings. The van der Waals surface area contributed by atoms with Gasteiger partial charge in [0.25, 0.3) is 0 Å². The number of hydrogen-bond acceptors (Lipinski definition) is 3. The number of carbonyl (C=O) groups excluding carboxylic acids is 2. The maximum atomic E-state index is 11.4. The van der Waals surface area contributed by atoms with Crippen LogP contribution in [0.1, 0.15) is 11.1 Å². The predicted octanol–water partition coefficient (Wildman–Crippen LogP) is 0.925. The second kappa shape index (κ2) is 5.75. The smallest absolute Gasteiger partial charge is 0.425 e. The molecule has 0 radical (unpaired) electrons. The van der Waals surface area contributed by atoms with E-state index in [2.05, 4.69) is 15.6 Å². The van der Waals surface area contributed by atoms with E-state index in [9.17, 15) is 9.59 Å². The van der Waals surface area contributed by atoms with Crippen LogP contribution >= 0.6 is 0 Å². The molecule has 1 rings (SSSR count). The van der Waals surface area contributed by atoms with Gasteiger partial charge in [-0.25, -0.2) is 10.2 Å². The van der Waals surface area contributed by atoms with Crippen molar-refractivity contribution in [1.29, 1.82) is 0 Å². The van der Waals surface area contributed by atoms with Gasteiger partial charge in [0, 0.05) is 0 Å². The molecule has 0 aliphatic heterocycles. The van der Waals surface area contributed by atoms with Gasteiger partial charge in [-0.2, -0.15) is 0 Å². The van der Waals surface area contributed by atoms with Crippen LogP contribution in [0.15, 0.2) is 24.3 Å². The van der Waals surface area contributed by atoms with Crippen LogP contribution < -0.4 is 10.9 Å². The minimum absolute atomic E-state index is 0.214. The molecule has 0 unspecified atom stereocenters. The number of rotatable bonds is 2. The average Bonchev–Trinajstić information content (AvgIpc) is 2.26. The van der Waals surface area contributed by atoms with E-state index in [1.165, 1.54) is 7.11 Å². The van der Waals surface area contributed by atoms with Gasteiger partial charge in [-0.1, -0.05) is 29.8 Å². The van der Waals surface area contributed by atoms with Gasteiger partial charge in [-0.15, -0.1) is 0 Å². The van der Waals surface area contributed by atoms with Gasteiger partial charge in [0.2, 0.25) is 5.91 Å². The minimum Gasteiger partial charge on any atom is -0.452 e. The summed E-state index contributed by atoms with van der Waals surface area (Å²) < 4.78 is 4.31. The zero-order chi connectivity index (χ0) is 12.0. The Hall–Kier alpha value is -2.04. The highest BCUT2D eigenvalue weighted by Crippen LogP contribution is 2.04. The van der Waals surface area contributed by atoms with Gasteiger partial charge in [0.15, 0.2) is 0 Å². The molecule has 0 saturated carbocycles. The summed E-state index contributed by atoms with van der Waals surface area (Å²) in [7, 11) is 1.22. The first-order chi connectivity index (χ1) is 7.61. The maximum absolute atomic E-state index is 11.4. The number of ether oxygens (including phenoxy) is 1. The second-order valence-corrected chi connectivity index (χ2v) is 3.33. The number of hydrogen-bond donors (Lipinski definition) is 2. The van der Waals surface area contributed by atoms with Crippen molar-refractivity contribution in [3.63, 3.8) is 0 Å². The van der Waals surface area contributed by atoms with Crippen molar-refractivity contribution in [3.8, 4) is 0 Å². The molecule has 0 spiro atoms. The zero-order valence-electron chi connectivity index (χ0n) is 9.24. The van der Waals surface area contributed by atoms with E-state index in [4.69, 9.17) is 0 Å². The van der Waals surface area contributed by atoms with Crippen LogP contribution in [-0.2, 0) is 16.0 Å². The molecule has 1 aromatic carbocycles. The minimum atomic E-state index is -0.697. The summed E-state index contributed by atoms with van der Waals surface area (Å²) in [6, 6.07) is 7.60.